The lowest BCUT2D eigenvalue weighted by Gasteiger charge is -2.63. The van der Waals surface area contributed by atoms with Crippen molar-refractivity contribution >= 4 is 12.2 Å². The van der Waals surface area contributed by atoms with Crippen LogP contribution in [0.1, 0.15) is 174 Å². The summed E-state index contributed by atoms with van der Waals surface area (Å²) in [6.07, 6.45) is 5.41. The molecule has 3 saturated heterocycles. The van der Waals surface area contributed by atoms with E-state index in [4.69, 9.17) is 42.6 Å². The van der Waals surface area contributed by atoms with Crippen LogP contribution in [-0.4, -0.2) is 106 Å². The number of rotatable bonds is 16. The summed E-state index contributed by atoms with van der Waals surface area (Å²) in [6, 6.07) is 9.31. The van der Waals surface area contributed by atoms with Crippen LogP contribution in [0.2, 0.25) is 0 Å². The van der Waals surface area contributed by atoms with Gasteiger partial charge >= 0.3 is 12.2 Å². The smallest absolute Gasteiger partial charge is 0.407 e. The monoisotopic (exact) mass is 947 g/mol. The zero-order chi connectivity index (χ0) is 49.9. The van der Waals surface area contributed by atoms with Crippen molar-refractivity contribution in [1.29, 1.82) is 0 Å². The molecule has 3 heterocycles. The maximum atomic E-state index is 13.1. The zero-order valence-electron chi connectivity index (χ0n) is 44.7. The molecule has 0 radical (unpaired) electrons. The minimum Gasteiger partial charge on any atom is -0.453 e. The molecule has 0 aliphatic carbocycles. The van der Waals surface area contributed by atoms with E-state index in [2.05, 4.69) is 132 Å². The van der Waals surface area contributed by atoms with Gasteiger partial charge in [0.15, 0.2) is 12.6 Å². The van der Waals surface area contributed by atoms with Crippen LogP contribution < -0.4 is 10.6 Å². The zero-order valence-corrected chi connectivity index (χ0v) is 44.7. The first-order valence-corrected chi connectivity index (χ1v) is 26.1. The van der Waals surface area contributed by atoms with Crippen LogP contribution in [0.15, 0.2) is 30.3 Å². The van der Waals surface area contributed by atoms with Gasteiger partial charge in [-0.2, -0.15) is 0 Å². The molecule has 2 N–H and O–H groups in total. The average molecular weight is 947 g/mol. The lowest BCUT2D eigenvalue weighted by Crippen LogP contribution is -2.68. The molecule has 0 spiro atoms. The number of nitrogens with one attached hydrogen (secondary N) is 2. The summed E-state index contributed by atoms with van der Waals surface area (Å²) in [4.78, 5) is 26.2. The van der Waals surface area contributed by atoms with E-state index >= 15 is 0 Å². The Morgan fingerprint density at radius 2 is 1.28 bits per heavy atom. The minimum atomic E-state index is -0.836. The van der Waals surface area contributed by atoms with Crippen molar-refractivity contribution in [3.8, 4) is 0 Å². The van der Waals surface area contributed by atoms with Crippen LogP contribution in [0.4, 0.5) is 9.59 Å². The number of methoxy groups -OCH3 is 1. The Morgan fingerprint density at radius 1 is 0.687 bits per heavy atom. The Bertz CT molecular complexity index is 1680. The van der Waals surface area contributed by atoms with Gasteiger partial charge in [-0.3, -0.25) is 0 Å². The maximum Gasteiger partial charge on any atom is 0.407 e. The van der Waals surface area contributed by atoms with Crippen molar-refractivity contribution < 1.29 is 52.2 Å². The van der Waals surface area contributed by atoms with Gasteiger partial charge in [-0.15, -0.1) is 0 Å². The molecular formula is C54H94N2O11. The number of carbonyl (C=O) groups is 2. The molecule has 3 fully saturated rings. The average Bonchev–Trinajstić information content (AvgIpc) is 4.28. The molecule has 13 atom stereocenters. The van der Waals surface area contributed by atoms with Gasteiger partial charge in [0.25, 0.3) is 0 Å². The number of ether oxygens (including phenoxy) is 9. The molecule has 13 unspecified atom stereocenters. The van der Waals surface area contributed by atoms with Crippen molar-refractivity contribution in [2.45, 2.75) is 228 Å². The number of amides is 2. The van der Waals surface area contributed by atoms with Gasteiger partial charge in [0.2, 0.25) is 0 Å². The van der Waals surface area contributed by atoms with E-state index in [0.717, 1.165) is 69.8 Å². The molecule has 13 heteroatoms. The van der Waals surface area contributed by atoms with Crippen LogP contribution in [0.25, 0.3) is 0 Å². The van der Waals surface area contributed by atoms with E-state index < -0.39 is 75.5 Å². The summed E-state index contributed by atoms with van der Waals surface area (Å²) in [7, 11) is 1.38. The first-order valence-electron chi connectivity index (χ1n) is 26.1. The molecule has 4 rings (SSSR count). The Morgan fingerprint density at radius 3 is 1.81 bits per heavy atom. The van der Waals surface area contributed by atoms with E-state index in [-0.39, 0.29) is 51.0 Å². The predicted octanol–water partition coefficient (Wildman–Crippen LogP) is 11.5. The summed E-state index contributed by atoms with van der Waals surface area (Å²) in [5.74, 6) is 0.172. The highest BCUT2D eigenvalue weighted by Gasteiger charge is 2.78. The standard InChI is InChI=1S/C54H94N2O11/c1-17-32-54-45(67-54)62-35-40(55-46(57)59-16)37-65-53(24-8,25-9)42(19-3)41(18-2)49(12,21-5)63-36-39(56-47(58)60-26-10)34-61-44-43(66-44)48(11,20-4)50(13,22-6)52(15,51(54,14)23-7)64-33-38-30-28-27-29-31-38/h27-31,39-45H,17-26,32-37H2,1-16H3,(H,55,57)(H,56,58). The highest BCUT2D eigenvalue weighted by Crippen LogP contribution is 2.70. The molecule has 0 saturated carbocycles. The van der Waals surface area contributed by atoms with Gasteiger partial charge < -0.3 is 53.3 Å². The highest BCUT2D eigenvalue weighted by molar-refractivity contribution is 5.67. The van der Waals surface area contributed by atoms with Crippen LogP contribution >= 0.6 is 0 Å². The second-order valence-electron chi connectivity index (χ2n) is 20.6. The fourth-order valence-electron chi connectivity index (χ4n) is 12.7. The Balaban J connectivity index is 1.93. The van der Waals surface area contributed by atoms with Crippen molar-refractivity contribution in [3.05, 3.63) is 35.9 Å². The molecule has 386 valence electrons. The first kappa shape index (κ1) is 57.1. The quantitative estimate of drug-likeness (QED) is 0.153. The summed E-state index contributed by atoms with van der Waals surface area (Å²) >= 11 is 0. The second kappa shape index (κ2) is 24.1. The van der Waals surface area contributed by atoms with E-state index in [0.29, 0.717) is 6.61 Å². The number of carbonyl (C=O) groups excluding carboxylic acids is 2. The molecule has 0 bridgehead atoms. The van der Waals surface area contributed by atoms with Gasteiger partial charge in [0.1, 0.15) is 11.7 Å². The predicted molar refractivity (Wildman–Crippen MR) is 263 cm³/mol. The molecule has 1 aromatic rings. The topological polar surface area (TPSA) is 148 Å². The SMILES string of the molecule is CCCC12OC1OCC(NC(=O)OC)COC(CC)(CC)C(CC)C(CC)C(C)(CC)OCC(NC(=O)OCC)COC1OC1C(C)(CC)C(C)(CC)C(C)(OCc1ccccc1)C2(C)CC. The minimum absolute atomic E-state index is 0.0838. The number of fused-ring (bicyclic) bond motifs is 2. The largest absolute Gasteiger partial charge is 0.453 e. The maximum absolute atomic E-state index is 13.1. The third-order valence-electron chi connectivity index (χ3n) is 18.1. The molecule has 1 aromatic carbocycles. The summed E-state index contributed by atoms with van der Waals surface area (Å²) < 4.78 is 59.7. The van der Waals surface area contributed by atoms with Crippen molar-refractivity contribution in [3.63, 3.8) is 0 Å². The lowest BCUT2D eigenvalue weighted by atomic mass is 9.45. The van der Waals surface area contributed by atoms with E-state index in [9.17, 15) is 9.59 Å². The van der Waals surface area contributed by atoms with E-state index in [1.807, 2.05) is 6.07 Å². The lowest BCUT2D eigenvalue weighted by molar-refractivity contribution is -0.257. The Hall–Kier alpha value is -2.52. The fraction of sp³-hybridized carbons (Fsp3) is 0.852. The van der Waals surface area contributed by atoms with Crippen LogP contribution in [0, 0.1) is 28.1 Å². The summed E-state index contributed by atoms with van der Waals surface area (Å²) in [5.41, 5.74) is -3.22. The van der Waals surface area contributed by atoms with Gasteiger partial charge in [-0.05, 0) is 83.1 Å². The third-order valence-corrected chi connectivity index (χ3v) is 18.1. The molecule has 3 aliphatic heterocycles. The highest BCUT2D eigenvalue weighted by atomic mass is 16.8. The van der Waals surface area contributed by atoms with Crippen molar-refractivity contribution in [2.24, 2.45) is 28.1 Å². The molecule has 13 nitrogen and oxygen atoms in total. The first-order chi connectivity index (χ1) is 31.8. The third kappa shape index (κ3) is 11.3. The Labute approximate surface area is 405 Å². The van der Waals surface area contributed by atoms with Crippen molar-refractivity contribution in [2.75, 3.05) is 40.1 Å². The summed E-state index contributed by atoms with van der Waals surface area (Å²) in [6.45, 7) is 34.6. The van der Waals surface area contributed by atoms with Gasteiger partial charge in [-0.1, -0.05) is 133 Å². The van der Waals surface area contributed by atoms with E-state index in [1.54, 1.807) is 6.92 Å². The number of alkyl carbamates (subject to hydrolysis) is 2. The van der Waals surface area contributed by atoms with E-state index in [1.165, 1.54) is 7.11 Å². The molecule has 0 aromatic heterocycles. The normalized spacial score (nSPS) is 38.5. The van der Waals surface area contributed by atoms with Crippen molar-refractivity contribution in [1.82, 2.24) is 10.6 Å². The molecular weight excluding hydrogens is 853 g/mol. The number of hydrogen-bond acceptors (Lipinski definition) is 11. The van der Waals surface area contributed by atoms with Crippen LogP contribution in [-0.2, 0) is 49.2 Å². The number of epoxide rings is 2. The second-order valence-corrected chi connectivity index (χ2v) is 20.6. The molecule has 3 aliphatic rings. The van der Waals surface area contributed by atoms with Gasteiger partial charge in [-0.25, -0.2) is 9.59 Å². The summed E-state index contributed by atoms with van der Waals surface area (Å²) in [5, 5.41) is 6.12. The fourth-order valence-corrected chi connectivity index (χ4v) is 12.7. The molecule has 2 amide bonds. The number of benzene rings is 1. The van der Waals surface area contributed by atoms with Crippen LogP contribution in [0.3, 0.4) is 0 Å². The molecule has 67 heavy (non-hydrogen) atoms. The Kier molecular flexibility index (Phi) is 20.5. The van der Waals surface area contributed by atoms with Gasteiger partial charge in [0.05, 0.1) is 75.6 Å². The van der Waals surface area contributed by atoms with Gasteiger partial charge in [0, 0.05) is 16.2 Å². The van der Waals surface area contributed by atoms with Crippen LogP contribution in [0.5, 0.6) is 0 Å². The number of hydrogen-bond donors (Lipinski definition) is 2.